The first-order valence-corrected chi connectivity index (χ1v) is 9.06. The molecule has 0 saturated heterocycles. The molecule has 5 heteroatoms. The molecule has 0 unspecified atom stereocenters. The highest BCUT2D eigenvalue weighted by Crippen LogP contribution is 2.25. The van der Waals surface area contributed by atoms with Crippen molar-refractivity contribution in [3.63, 3.8) is 0 Å². The van der Waals surface area contributed by atoms with Crippen LogP contribution in [0.2, 0.25) is 0 Å². The molecule has 3 aromatic rings. The zero-order chi connectivity index (χ0) is 19.2. The van der Waals surface area contributed by atoms with E-state index in [1.807, 2.05) is 49.4 Å². The number of carbonyl (C=O) groups is 1. The van der Waals surface area contributed by atoms with Crippen molar-refractivity contribution >= 4 is 17.5 Å². The van der Waals surface area contributed by atoms with E-state index in [1.165, 1.54) is 5.56 Å². The summed E-state index contributed by atoms with van der Waals surface area (Å²) in [5, 5.41) is 6.15. The summed E-state index contributed by atoms with van der Waals surface area (Å²) in [5.41, 5.74) is 4.70. The second kappa shape index (κ2) is 8.45. The number of carbonyl (C=O) groups excluding carboxylic acids is 1. The molecular weight excluding hydrogens is 336 g/mol. The lowest BCUT2D eigenvalue weighted by Gasteiger charge is -2.14. The van der Waals surface area contributed by atoms with E-state index in [1.54, 1.807) is 12.3 Å². The number of aryl methyl sites for hydroxylation is 1. The minimum atomic E-state index is -0.221. The maximum atomic E-state index is 12.5. The van der Waals surface area contributed by atoms with Gasteiger partial charge in [0.15, 0.2) is 0 Å². The van der Waals surface area contributed by atoms with Crippen LogP contribution in [0, 0.1) is 6.92 Å². The van der Waals surface area contributed by atoms with Crippen molar-refractivity contribution in [1.29, 1.82) is 0 Å². The van der Waals surface area contributed by atoms with E-state index in [4.69, 9.17) is 0 Å². The highest BCUT2D eigenvalue weighted by atomic mass is 16.1. The van der Waals surface area contributed by atoms with Gasteiger partial charge in [-0.25, -0.2) is 9.97 Å². The van der Waals surface area contributed by atoms with Crippen molar-refractivity contribution in [2.24, 2.45) is 0 Å². The van der Waals surface area contributed by atoms with Crippen LogP contribution < -0.4 is 10.6 Å². The number of aromatic nitrogens is 2. The van der Waals surface area contributed by atoms with E-state index in [9.17, 15) is 4.79 Å². The molecule has 1 heterocycles. The fourth-order valence-corrected chi connectivity index (χ4v) is 2.85. The quantitative estimate of drug-likeness (QED) is 0.675. The third-order valence-corrected chi connectivity index (χ3v) is 4.42. The van der Waals surface area contributed by atoms with Crippen molar-refractivity contribution < 1.29 is 4.79 Å². The van der Waals surface area contributed by atoms with E-state index < -0.39 is 0 Å². The number of hydrogen-bond acceptors (Lipinski definition) is 4. The Morgan fingerprint density at radius 3 is 2.56 bits per heavy atom. The van der Waals surface area contributed by atoms with Gasteiger partial charge < -0.3 is 10.6 Å². The van der Waals surface area contributed by atoms with Crippen LogP contribution in [0.4, 0.5) is 11.6 Å². The van der Waals surface area contributed by atoms with Crippen LogP contribution in [0.5, 0.6) is 0 Å². The number of para-hydroxylation sites is 1. The van der Waals surface area contributed by atoms with Gasteiger partial charge in [0.05, 0.1) is 0 Å². The van der Waals surface area contributed by atoms with Crippen molar-refractivity contribution in [3.05, 3.63) is 83.2 Å². The van der Waals surface area contributed by atoms with Crippen molar-refractivity contribution in [2.75, 3.05) is 5.32 Å². The van der Waals surface area contributed by atoms with Gasteiger partial charge in [0.2, 0.25) is 5.95 Å². The molecule has 5 nitrogen and oxygen atoms in total. The van der Waals surface area contributed by atoms with Crippen molar-refractivity contribution in [3.8, 4) is 0 Å². The Morgan fingerprint density at radius 1 is 1.04 bits per heavy atom. The number of amides is 1. The molecule has 0 spiro atoms. The van der Waals surface area contributed by atoms with E-state index in [0.717, 1.165) is 16.8 Å². The third-order valence-electron chi connectivity index (χ3n) is 4.42. The van der Waals surface area contributed by atoms with Gasteiger partial charge in [-0.3, -0.25) is 4.79 Å². The monoisotopic (exact) mass is 360 g/mol. The smallest absolute Gasteiger partial charge is 0.270 e. The van der Waals surface area contributed by atoms with Crippen LogP contribution in [0.25, 0.3) is 0 Å². The Hall–Kier alpha value is -3.21. The molecule has 0 atom stereocenters. The Morgan fingerprint density at radius 2 is 1.78 bits per heavy atom. The highest BCUT2D eigenvalue weighted by Gasteiger charge is 2.11. The predicted molar refractivity (Wildman–Crippen MR) is 108 cm³/mol. The van der Waals surface area contributed by atoms with Gasteiger partial charge in [-0.1, -0.05) is 56.3 Å². The minimum absolute atomic E-state index is 0.221. The maximum absolute atomic E-state index is 12.5. The number of rotatable bonds is 6. The van der Waals surface area contributed by atoms with Crippen LogP contribution in [-0.4, -0.2) is 15.9 Å². The molecule has 138 valence electrons. The minimum Gasteiger partial charge on any atom is -0.347 e. The molecule has 3 rings (SSSR count). The maximum Gasteiger partial charge on any atom is 0.270 e. The lowest BCUT2D eigenvalue weighted by Crippen LogP contribution is -2.24. The normalized spacial score (nSPS) is 10.7. The summed E-state index contributed by atoms with van der Waals surface area (Å²) in [7, 11) is 0. The first-order valence-electron chi connectivity index (χ1n) is 9.06. The summed E-state index contributed by atoms with van der Waals surface area (Å²) in [6, 6.07) is 17.6. The Bertz CT molecular complexity index is 937. The van der Waals surface area contributed by atoms with E-state index >= 15 is 0 Å². The number of benzene rings is 2. The molecule has 2 N–H and O–H groups in total. The summed E-state index contributed by atoms with van der Waals surface area (Å²) in [6.07, 6.45) is 1.59. The lowest BCUT2D eigenvalue weighted by molar-refractivity contribution is 0.0946. The number of anilines is 2. The number of nitrogens with one attached hydrogen (secondary N) is 2. The van der Waals surface area contributed by atoms with E-state index in [0.29, 0.717) is 24.1 Å². The summed E-state index contributed by atoms with van der Waals surface area (Å²) >= 11 is 0. The van der Waals surface area contributed by atoms with Crippen LogP contribution in [0.1, 0.15) is 46.9 Å². The molecule has 2 aromatic carbocycles. The molecule has 0 aliphatic heterocycles. The first kappa shape index (κ1) is 18.6. The average molecular weight is 360 g/mol. The van der Waals surface area contributed by atoms with Crippen LogP contribution in [-0.2, 0) is 6.54 Å². The Balaban J connectivity index is 1.72. The summed E-state index contributed by atoms with van der Waals surface area (Å²) in [6.45, 7) is 6.77. The molecule has 0 fully saturated rings. The zero-order valence-electron chi connectivity index (χ0n) is 15.9. The van der Waals surface area contributed by atoms with Gasteiger partial charge in [-0.15, -0.1) is 0 Å². The molecule has 0 saturated carbocycles. The Kier molecular flexibility index (Phi) is 5.81. The largest absolute Gasteiger partial charge is 0.347 e. The standard InChI is InChI=1S/C22H24N4O/c1-15(2)18-10-6-7-11-19(18)25-22-23-13-12-20(26-22)21(27)24-14-17-9-5-4-8-16(17)3/h4-13,15H,14H2,1-3H3,(H,24,27)(H,23,25,26). The molecule has 1 amide bonds. The fraction of sp³-hybridized carbons (Fsp3) is 0.227. The zero-order valence-corrected chi connectivity index (χ0v) is 15.9. The van der Waals surface area contributed by atoms with Gasteiger partial charge >= 0.3 is 0 Å². The molecule has 0 radical (unpaired) electrons. The van der Waals surface area contributed by atoms with Crippen LogP contribution >= 0.6 is 0 Å². The molecule has 1 aromatic heterocycles. The average Bonchev–Trinajstić information content (AvgIpc) is 2.67. The summed E-state index contributed by atoms with van der Waals surface area (Å²) < 4.78 is 0. The van der Waals surface area contributed by atoms with Crippen molar-refractivity contribution in [2.45, 2.75) is 33.2 Å². The predicted octanol–water partition coefficient (Wildman–Crippen LogP) is 4.58. The van der Waals surface area contributed by atoms with Gasteiger partial charge in [0, 0.05) is 18.4 Å². The Labute approximate surface area is 159 Å². The second-order valence-electron chi connectivity index (χ2n) is 6.74. The molecule has 0 aliphatic carbocycles. The van der Waals surface area contributed by atoms with Crippen LogP contribution in [0.15, 0.2) is 60.8 Å². The SMILES string of the molecule is Cc1ccccc1CNC(=O)c1ccnc(Nc2ccccc2C(C)C)n1. The number of nitrogens with zero attached hydrogens (tertiary/aromatic N) is 2. The third kappa shape index (κ3) is 4.70. The van der Waals surface area contributed by atoms with E-state index in [2.05, 4.69) is 40.5 Å². The number of hydrogen-bond donors (Lipinski definition) is 2. The topological polar surface area (TPSA) is 66.9 Å². The summed E-state index contributed by atoms with van der Waals surface area (Å²) in [4.78, 5) is 21.1. The first-order chi connectivity index (χ1) is 13.0. The lowest BCUT2D eigenvalue weighted by atomic mass is 10.0. The second-order valence-corrected chi connectivity index (χ2v) is 6.74. The van der Waals surface area contributed by atoms with Gasteiger partial charge in [0.1, 0.15) is 5.69 Å². The molecular formula is C22H24N4O. The van der Waals surface area contributed by atoms with Gasteiger partial charge in [-0.05, 0) is 41.7 Å². The fourth-order valence-electron chi connectivity index (χ4n) is 2.85. The van der Waals surface area contributed by atoms with Gasteiger partial charge in [-0.2, -0.15) is 0 Å². The summed E-state index contributed by atoms with van der Waals surface area (Å²) in [5.74, 6) is 0.557. The molecule has 0 aliphatic rings. The molecule has 27 heavy (non-hydrogen) atoms. The molecule has 0 bridgehead atoms. The van der Waals surface area contributed by atoms with Gasteiger partial charge in [0.25, 0.3) is 5.91 Å². The van der Waals surface area contributed by atoms with Crippen LogP contribution in [0.3, 0.4) is 0 Å². The van der Waals surface area contributed by atoms with Crippen molar-refractivity contribution in [1.82, 2.24) is 15.3 Å². The highest BCUT2D eigenvalue weighted by molar-refractivity contribution is 5.92. The van der Waals surface area contributed by atoms with E-state index in [-0.39, 0.29) is 5.91 Å².